The van der Waals surface area contributed by atoms with Crippen LogP contribution in [0.5, 0.6) is 0 Å². The Bertz CT molecular complexity index is 1390. The second kappa shape index (κ2) is 8.09. The van der Waals surface area contributed by atoms with E-state index in [1.807, 2.05) is 19.1 Å². The van der Waals surface area contributed by atoms with Crippen molar-refractivity contribution in [2.75, 3.05) is 16.3 Å². The highest BCUT2D eigenvalue weighted by molar-refractivity contribution is 6.20. The number of hydrogen-bond donors (Lipinski definition) is 1. The fourth-order valence-electron chi connectivity index (χ4n) is 5.59. The number of nitro benzene ring substituents is 1. The topological polar surface area (TPSA) is 134 Å². The largest absolute Gasteiger partial charge is 0.384 e. The molecule has 35 heavy (non-hydrogen) atoms. The zero-order chi connectivity index (χ0) is 24.9. The van der Waals surface area contributed by atoms with Crippen molar-refractivity contribution in [2.45, 2.75) is 38.0 Å². The number of nitro groups is 1. The molecule has 1 amide bonds. The number of nitriles is 1. The summed E-state index contributed by atoms with van der Waals surface area (Å²) in [7, 11) is 0. The van der Waals surface area contributed by atoms with Gasteiger partial charge in [0, 0.05) is 53.3 Å². The molecule has 9 nitrogen and oxygen atoms in total. The fourth-order valence-corrected chi connectivity index (χ4v) is 5.59. The molecule has 0 fully saturated rings. The first-order chi connectivity index (χ1) is 16.9. The lowest BCUT2D eigenvalue weighted by atomic mass is 9.64. The normalized spacial score (nSPS) is 21.4. The van der Waals surface area contributed by atoms with Gasteiger partial charge in [0.25, 0.3) is 5.69 Å². The molecule has 1 atom stereocenters. The molecule has 2 N–H and O–H groups in total. The zero-order valence-electron chi connectivity index (χ0n) is 19.2. The summed E-state index contributed by atoms with van der Waals surface area (Å²) in [6, 6.07) is 15.2. The van der Waals surface area contributed by atoms with Crippen LogP contribution in [0.4, 0.5) is 17.1 Å². The highest BCUT2D eigenvalue weighted by atomic mass is 16.6. The number of rotatable bonds is 4. The lowest BCUT2D eigenvalue weighted by molar-refractivity contribution is -0.384. The van der Waals surface area contributed by atoms with Crippen molar-refractivity contribution in [1.82, 2.24) is 0 Å². The Kier molecular flexibility index (Phi) is 5.17. The molecule has 176 valence electrons. The van der Waals surface area contributed by atoms with Crippen molar-refractivity contribution in [3.05, 3.63) is 86.9 Å². The standard InChI is InChI=1S/C26H23N5O4/c1-2-14-29-20-7-4-3-6-18(20)26(25(29)33)19(15-27)24(28)30(21-8-5-9-22(32)23(21)26)16-10-12-17(13-11-16)31(34)35/h3-4,6-7,10-13H,2,5,8-9,14,28H2,1H3. The van der Waals surface area contributed by atoms with Crippen LogP contribution in [-0.2, 0) is 15.0 Å². The first kappa shape index (κ1) is 22.3. The van der Waals surface area contributed by atoms with Crippen LogP contribution in [0.2, 0.25) is 0 Å². The maximum atomic E-state index is 14.2. The lowest BCUT2D eigenvalue weighted by Gasteiger charge is -2.43. The molecular weight excluding hydrogens is 446 g/mol. The molecule has 1 aliphatic carbocycles. The van der Waals surface area contributed by atoms with Gasteiger partial charge in [-0.2, -0.15) is 5.26 Å². The van der Waals surface area contributed by atoms with E-state index in [1.54, 1.807) is 21.9 Å². The van der Waals surface area contributed by atoms with Gasteiger partial charge < -0.3 is 10.6 Å². The maximum Gasteiger partial charge on any atom is 0.269 e. The third kappa shape index (κ3) is 2.93. The third-order valence-corrected chi connectivity index (χ3v) is 6.94. The van der Waals surface area contributed by atoms with Crippen LogP contribution in [0.15, 0.2) is 71.2 Å². The Morgan fingerprint density at radius 3 is 2.51 bits per heavy atom. The van der Waals surface area contributed by atoms with Gasteiger partial charge in [0.15, 0.2) is 5.78 Å². The first-order valence-corrected chi connectivity index (χ1v) is 11.5. The summed E-state index contributed by atoms with van der Waals surface area (Å²) in [5.41, 5.74) is 7.55. The Morgan fingerprint density at radius 2 is 1.86 bits per heavy atom. The molecule has 0 bridgehead atoms. The minimum absolute atomic E-state index is 0.000839. The Balaban J connectivity index is 1.83. The fraction of sp³-hybridized carbons (Fsp3) is 0.269. The van der Waals surface area contributed by atoms with E-state index in [0.29, 0.717) is 48.4 Å². The van der Waals surface area contributed by atoms with E-state index in [0.717, 1.165) is 0 Å². The number of amides is 1. The van der Waals surface area contributed by atoms with Gasteiger partial charge in [0.2, 0.25) is 5.91 Å². The Labute approximate surface area is 201 Å². The van der Waals surface area contributed by atoms with Gasteiger partial charge in [-0.3, -0.25) is 24.6 Å². The van der Waals surface area contributed by atoms with E-state index >= 15 is 0 Å². The molecule has 0 radical (unpaired) electrons. The van der Waals surface area contributed by atoms with Crippen LogP contribution in [-0.4, -0.2) is 23.2 Å². The molecule has 1 spiro atoms. The van der Waals surface area contributed by atoms with Gasteiger partial charge in [-0.05, 0) is 37.5 Å². The van der Waals surface area contributed by atoms with Crippen LogP contribution >= 0.6 is 0 Å². The molecule has 2 aromatic carbocycles. The number of anilines is 2. The number of benzene rings is 2. The van der Waals surface area contributed by atoms with E-state index in [9.17, 15) is 25.0 Å². The molecule has 0 saturated carbocycles. The predicted molar refractivity (Wildman–Crippen MR) is 129 cm³/mol. The number of Topliss-reactive ketones (excluding diaryl/α,β-unsaturated/α-hetero) is 1. The van der Waals surface area contributed by atoms with Crippen molar-refractivity contribution in [1.29, 1.82) is 5.26 Å². The van der Waals surface area contributed by atoms with Crippen LogP contribution in [0.25, 0.3) is 0 Å². The van der Waals surface area contributed by atoms with E-state index in [2.05, 4.69) is 6.07 Å². The highest BCUT2D eigenvalue weighted by Gasteiger charge is 2.62. The number of fused-ring (bicyclic) bond motifs is 3. The Hall–Kier alpha value is -4.45. The molecule has 3 aliphatic rings. The van der Waals surface area contributed by atoms with Crippen LogP contribution < -0.4 is 15.5 Å². The number of carbonyl (C=O) groups excluding carboxylic acids is 2. The second-order valence-electron chi connectivity index (χ2n) is 8.80. The van der Waals surface area contributed by atoms with E-state index in [4.69, 9.17) is 5.73 Å². The highest BCUT2D eigenvalue weighted by Crippen LogP contribution is 2.56. The number of para-hydroxylation sites is 1. The van der Waals surface area contributed by atoms with Crippen LogP contribution in [0.3, 0.4) is 0 Å². The molecule has 1 unspecified atom stereocenters. The molecule has 0 aromatic heterocycles. The van der Waals surface area contributed by atoms with E-state index < -0.39 is 10.3 Å². The number of non-ortho nitro benzene ring substituents is 1. The summed E-state index contributed by atoms with van der Waals surface area (Å²) in [6.07, 6.45) is 2.01. The zero-order valence-corrected chi connectivity index (χ0v) is 19.2. The quantitative estimate of drug-likeness (QED) is 0.531. The average molecular weight is 470 g/mol. The maximum absolute atomic E-state index is 14.2. The van der Waals surface area contributed by atoms with Gasteiger partial charge in [-0.25, -0.2) is 0 Å². The van der Waals surface area contributed by atoms with Crippen LogP contribution in [0.1, 0.15) is 38.2 Å². The molecule has 5 rings (SSSR count). The van der Waals surface area contributed by atoms with Gasteiger partial charge in [-0.15, -0.1) is 0 Å². The van der Waals surface area contributed by atoms with Crippen molar-refractivity contribution >= 4 is 28.8 Å². The summed E-state index contributed by atoms with van der Waals surface area (Å²) in [4.78, 5) is 41.7. The van der Waals surface area contributed by atoms with Crippen molar-refractivity contribution in [3.8, 4) is 6.07 Å². The number of nitrogens with zero attached hydrogens (tertiary/aromatic N) is 4. The number of carbonyl (C=O) groups is 2. The smallest absolute Gasteiger partial charge is 0.269 e. The SMILES string of the molecule is CCCN1C(=O)C2(C(C#N)=C(N)N(c3ccc([N+](=O)[O-])cc3)C3=C2C(=O)CCC3)c2ccccc21. The molecule has 2 aliphatic heterocycles. The van der Waals surface area contributed by atoms with Gasteiger partial charge in [0.1, 0.15) is 17.3 Å². The average Bonchev–Trinajstić information content (AvgIpc) is 3.09. The first-order valence-electron chi connectivity index (χ1n) is 11.5. The summed E-state index contributed by atoms with van der Waals surface area (Å²) >= 11 is 0. The summed E-state index contributed by atoms with van der Waals surface area (Å²) in [5.74, 6) is -0.484. The molecule has 9 heteroatoms. The van der Waals surface area contributed by atoms with Crippen molar-refractivity contribution in [3.63, 3.8) is 0 Å². The van der Waals surface area contributed by atoms with Crippen LogP contribution in [0, 0.1) is 21.4 Å². The van der Waals surface area contributed by atoms with Crippen molar-refractivity contribution in [2.24, 2.45) is 5.73 Å². The van der Waals surface area contributed by atoms with Crippen molar-refractivity contribution < 1.29 is 14.5 Å². The second-order valence-corrected chi connectivity index (χ2v) is 8.80. The lowest BCUT2D eigenvalue weighted by Crippen LogP contribution is -2.52. The monoisotopic (exact) mass is 469 g/mol. The van der Waals surface area contributed by atoms with E-state index in [-0.39, 0.29) is 40.8 Å². The van der Waals surface area contributed by atoms with Gasteiger partial charge in [-0.1, -0.05) is 25.1 Å². The Morgan fingerprint density at radius 1 is 1.14 bits per heavy atom. The molecular formula is C26H23N5O4. The number of ketones is 1. The minimum atomic E-state index is -1.60. The number of hydrogen-bond acceptors (Lipinski definition) is 7. The molecule has 2 heterocycles. The third-order valence-electron chi connectivity index (χ3n) is 6.94. The summed E-state index contributed by atoms with van der Waals surface area (Å²) in [6.45, 7) is 2.41. The number of allylic oxidation sites excluding steroid dienone is 1. The molecule has 0 saturated heterocycles. The van der Waals surface area contributed by atoms with Gasteiger partial charge >= 0.3 is 0 Å². The predicted octanol–water partition coefficient (Wildman–Crippen LogP) is 3.81. The number of nitrogens with two attached hydrogens (primary N) is 1. The minimum Gasteiger partial charge on any atom is -0.384 e. The summed E-state index contributed by atoms with van der Waals surface area (Å²) < 4.78 is 0. The van der Waals surface area contributed by atoms with E-state index in [1.165, 1.54) is 24.3 Å². The van der Waals surface area contributed by atoms with Gasteiger partial charge in [0.05, 0.1) is 10.5 Å². The summed E-state index contributed by atoms with van der Waals surface area (Å²) in [5, 5.41) is 21.5. The molecule has 2 aromatic rings.